The second kappa shape index (κ2) is 19.9. The monoisotopic (exact) mass is 819 g/mol. The Morgan fingerprint density at radius 2 is 1.49 bits per heavy atom. The number of carbonyl (C=O) groups is 3. The predicted molar refractivity (Wildman–Crippen MR) is 220 cm³/mol. The molecule has 0 fully saturated rings. The number of amides is 2. The fourth-order valence-corrected chi connectivity index (χ4v) is 7.06. The Hall–Kier alpha value is -6.32. The van der Waals surface area contributed by atoms with Crippen molar-refractivity contribution in [1.29, 1.82) is 0 Å². The number of carboxylic acids is 1. The summed E-state index contributed by atoms with van der Waals surface area (Å²) in [6.45, 7) is 2.62. The molecule has 6 rings (SSSR count). The molecule has 0 aliphatic rings. The van der Waals surface area contributed by atoms with Crippen molar-refractivity contribution in [3.63, 3.8) is 0 Å². The van der Waals surface area contributed by atoms with Crippen LogP contribution in [-0.4, -0.2) is 81.2 Å². The Morgan fingerprint density at radius 3 is 2.15 bits per heavy atom. The number of nitrogens with one attached hydrogen (secondary N) is 4. The van der Waals surface area contributed by atoms with Gasteiger partial charge in [0.2, 0.25) is 17.6 Å². The molecule has 0 radical (unpaired) electrons. The first-order valence-corrected chi connectivity index (χ1v) is 20.9. The third kappa shape index (κ3) is 11.9. The molecule has 17 heteroatoms. The van der Waals surface area contributed by atoms with Crippen LogP contribution in [0.25, 0.3) is 33.6 Å². The normalized spacial score (nSPS) is 12.5. The molecule has 6 aromatic rings. The highest BCUT2D eigenvalue weighted by atomic mass is 31.2. The number of rotatable bonds is 20. The number of benzene rings is 4. The minimum Gasteiger partial charge on any atom is -0.480 e. The number of imidazole rings is 1. The summed E-state index contributed by atoms with van der Waals surface area (Å²) in [7, 11) is -4.57. The number of tetrazole rings is 1. The first kappa shape index (κ1) is 42.3. The number of aromatic amines is 1. The molecule has 0 saturated carbocycles. The van der Waals surface area contributed by atoms with E-state index in [1.165, 1.54) is 0 Å². The van der Waals surface area contributed by atoms with Crippen LogP contribution in [0.2, 0.25) is 0 Å². The van der Waals surface area contributed by atoms with Crippen molar-refractivity contribution in [2.75, 3.05) is 6.29 Å². The van der Waals surface area contributed by atoms with E-state index >= 15 is 0 Å². The SMILES string of the molecule is CCCCc1ncc(CNC(=O)C[C@H](NC(=O)[C@H](Cc2ccc(-c3ccccc3)cc2)NCP(=O)(O)O)C(=O)O)n1Cc1ccc(-c2ccccc2-c2nn[nH]n2)cc1. The Morgan fingerprint density at radius 1 is 0.831 bits per heavy atom. The molecule has 59 heavy (non-hydrogen) atoms. The van der Waals surface area contributed by atoms with E-state index in [2.05, 4.69) is 48.5 Å². The van der Waals surface area contributed by atoms with Crippen LogP contribution in [0.5, 0.6) is 0 Å². The molecule has 0 spiro atoms. The summed E-state index contributed by atoms with van der Waals surface area (Å²) in [4.78, 5) is 62.7. The van der Waals surface area contributed by atoms with Gasteiger partial charge in [0.25, 0.3) is 0 Å². The summed E-state index contributed by atoms with van der Waals surface area (Å²) in [6.07, 6.45) is 2.91. The predicted octanol–water partition coefficient (Wildman–Crippen LogP) is 4.70. The molecule has 2 atom stereocenters. The quantitative estimate of drug-likeness (QED) is 0.0519. The molecular weight excluding hydrogens is 773 g/mol. The molecule has 0 unspecified atom stereocenters. The number of aromatic nitrogens is 6. The number of H-pyrrole nitrogens is 1. The topological polar surface area (TPSA) is 237 Å². The van der Waals surface area contributed by atoms with Gasteiger partial charge in [0, 0.05) is 18.5 Å². The second-order valence-corrected chi connectivity index (χ2v) is 15.7. The molecule has 16 nitrogen and oxygen atoms in total. The van der Waals surface area contributed by atoms with Gasteiger partial charge in [-0.2, -0.15) is 5.21 Å². The Labute approximate surface area is 340 Å². The zero-order chi connectivity index (χ0) is 41.8. The lowest BCUT2D eigenvalue weighted by Crippen LogP contribution is -2.52. The van der Waals surface area contributed by atoms with Crippen LogP contribution < -0.4 is 16.0 Å². The molecular formula is C42H46N9O7P. The van der Waals surface area contributed by atoms with Gasteiger partial charge in [-0.25, -0.2) is 9.78 Å². The van der Waals surface area contributed by atoms with E-state index < -0.39 is 50.2 Å². The molecule has 2 heterocycles. The van der Waals surface area contributed by atoms with Gasteiger partial charge in [0.1, 0.15) is 11.9 Å². The largest absolute Gasteiger partial charge is 0.480 e. The van der Waals surface area contributed by atoms with Crippen LogP contribution >= 0.6 is 7.60 Å². The maximum Gasteiger partial charge on any atom is 0.339 e. The highest BCUT2D eigenvalue weighted by Gasteiger charge is 2.29. The Kier molecular flexibility index (Phi) is 14.3. The van der Waals surface area contributed by atoms with Gasteiger partial charge < -0.3 is 30.1 Å². The van der Waals surface area contributed by atoms with Crippen molar-refractivity contribution >= 4 is 25.4 Å². The van der Waals surface area contributed by atoms with Crippen LogP contribution in [-0.2, 0) is 44.9 Å². The van der Waals surface area contributed by atoms with E-state index in [9.17, 15) is 33.8 Å². The second-order valence-electron chi connectivity index (χ2n) is 14.1. The Balaban J connectivity index is 1.10. The maximum absolute atomic E-state index is 13.5. The summed E-state index contributed by atoms with van der Waals surface area (Å²) in [5.74, 6) is -1.55. The number of hydrogen-bond acceptors (Lipinski definition) is 9. The summed E-state index contributed by atoms with van der Waals surface area (Å²) >= 11 is 0. The van der Waals surface area contributed by atoms with Crippen molar-refractivity contribution in [3.05, 3.63) is 132 Å². The van der Waals surface area contributed by atoms with Crippen molar-refractivity contribution in [1.82, 2.24) is 46.1 Å². The number of aliphatic carboxylic acids is 1. The van der Waals surface area contributed by atoms with E-state index in [1.807, 2.05) is 95.6 Å². The van der Waals surface area contributed by atoms with Gasteiger partial charge >= 0.3 is 13.6 Å². The molecule has 0 aliphatic heterocycles. The first-order chi connectivity index (χ1) is 28.5. The summed E-state index contributed by atoms with van der Waals surface area (Å²) < 4.78 is 13.8. The number of hydrogen-bond donors (Lipinski definition) is 7. The maximum atomic E-state index is 13.5. The summed E-state index contributed by atoms with van der Waals surface area (Å²) in [5.41, 5.74) is 7.07. The molecule has 0 aliphatic carbocycles. The highest BCUT2D eigenvalue weighted by Crippen LogP contribution is 2.33. The van der Waals surface area contributed by atoms with Gasteiger partial charge in [0.05, 0.1) is 37.2 Å². The fraction of sp³-hybridized carbons (Fsp3) is 0.262. The lowest BCUT2D eigenvalue weighted by Gasteiger charge is -2.22. The van der Waals surface area contributed by atoms with Gasteiger partial charge in [0.15, 0.2) is 0 Å². The summed E-state index contributed by atoms with van der Waals surface area (Å²) in [5, 5.41) is 32.2. The average molecular weight is 820 g/mol. The van der Waals surface area contributed by atoms with E-state index in [0.717, 1.165) is 58.5 Å². The smallest absolute Gasteiger partial charge is 0.339 e. The number of unbranched alkanes of at least 4 members (excludes halogenated alkanes) is 1. The standard InChI is InChI=1S/C42H46N9O7P/c1-2-3-13-38-43-24-33(51(38)26-29-16-20-32(21-17-29)34-11-7-8-12-35(34)40-47-49-50-48-40)25-44-39(52)23-37(42(54)55)46-41(53)36(45-27-59(56,57)58)22-28-14-18-31(19-15-28)30-9-5-4-6-10-30/h4-12,14-21,24,36-37,45H,2-3,13,22-23,25-27H2,1H3,(H,44,52)(H,46,53)(H,54,55)(H2,56,57,58)(H,47,48,49,50)/t36-,37-/m0/s1. The van der Waals surface area contributed by atoms with Gasteiger partial charge in [-0.05, 0) is 51.4 Å². The number of carbonyl (C=O) groups excluding carboxylic acids is 2. The van der Waals surface area contributed by atoms with E-state index in [0.29, 0.717) is 23.6 Å². The number of aryl methyl sites for hydroxylation is 1. The van der Waals surface area contributed by atoms with Crippen molar-refractivity contribution in [2.45, 2.75) is 64.2 Å². The molecule has 0 bridgehead atoms. The van der Waals surface area contributed by atoms with Crippen molar-refractivity contribution in [2.24, 2.45) is 0 Å². The van der Waals surface area contributed by atoms with Gasteiger partial charge in [-0.15, -0.1) is 10.2 Å². The molecule has 2 amide bonds. The average Bonchev–Trinajstić information content (AvgIpc) is 3.91. The third-order valence-electron chi connectivity index (χ3n) is 9.73. The van der Waals surface area contributed by atoms with Crippen molar-refractivity contribution < 1.29 is 33.8 Å². The molecule has 2 aromatic heterocycles. The molecule has 7 N–H and O–H groups in total. The van der Waals surface area contributed by atoms with Crippen LogP contribution in [0.3, 0.4) is 0 Å². The summed E-state index contributed by atoms with van der Waals surface area (Å²) in [6, 6.07) is 30.0. The zero-order valence-corrected chi connectivity index (χ0v) is 33.3. The number of nitrogens with zero attached hydrogens (tertiary/aromatic N) is 5. The van der Waals surface area contributed by atoms with Crippen LogP contribution in [0.1, 0.15) is 48.8 Å². The van der Waals surface area contributed by atoms with Gasteiger partial charge in [-0.3, -0.25) is 19.5 Å². The van der Waals surface area contributed by atoms with E-state index in [1.54, 1.807) is 18.3 Å². The fourth-order valence-electron chi connectivity index (χ4n) is 6.61. The van der Waals surface area contributed by atoms with Crippen LogP contribution in [0.4, 0.5) is 0 Å². The van der Waals surface area contributed by atoms with E-state index in [-0.39, 0.29) is 13.0 Å². The zero-order valence-electron chi connectivity index (χ0n) is 32.4. The lowest BCUT2D eigenvalue weighted by molar-refractivity contribution is -0.143. The minimum atomic E-state index is -4.57. The molecule has 4 aromatic carbocycles. The minimum absolute atomic E-state index is 0.0000714. The van der Waals surface area contributed by atoms with Crippen LogP contribution in [0.15, 0.2) is 109 Å². The number of carboxylic acid groups (broad SMARTS) is 1. The van der Waals surface area contributed by atoms with Crippen LogP contribution in [0, 0.1) is 0 Å². The highest BCUT2D eigenvalue weighted by molar-refractivity contribution is 7.51. The third-order valence-corrected chi connectivity index (χ3v) is 10.3. The van der Waals surface area contributed by atoms with E-state index in [4.69, 9.17) is 0 Å². The molecule has 0 saturated heterocycles. The lowest BCUT2D eigenvalue weighted by atomic mass is 9.98. The molecule has 306 valence electrons. The van der Waals surface area contributed by atoms with Gasteiger partial charge in [-0.1, -0.05) is 116 Å². The first-order valence-electron chi connectivity index (χ1n) is 19.1. The van der Waals surface area contributed by atoms with Crippen molar-refractivity contribution in [3.8, 4) is 33.6 Å². The Bertz CT molecular complexity index is 2370.